The Morgan fingerprint density at radius 1 is 1.21 bits per heavy atom. The quantitative estimate of drug-likeness (QED) is 0.540. The minimum absolute atomic E-state index is 0.142. The third-order valence-electron chi connectivity index (χ3n) is 4.69. The zero-order valence-corrected chi connectivity index (χ0v) is 15.9. The van der Waals surface area contributed by atoms with Gasteiger partial charge in [-0.1, -0.05) is 36.4 Å². The number of para-hydroxylation sites is 1. The summed E-state index contributed by atoms with van der Waals surface area (Å²) < 4.78 is 7.54. The van der Waals surface area contributed by atoms with Crippen molar-refractivity contribution >= 4 is 22.9 Å². The van der Waals surface area contributed by atoms with Gasteiger partial charge in [0.25, 0.3) is 0 Å². The van der Waals surface area contributed by atoms with Crippen molar-refractivity contribution in [2.24, 2.45) is 7.05 Å². The van der Waals surface area contributed by atoms with Gasteiger partial charge in [-0.25, -0.2) is 9.97 Å². The molecule has 144 valence electrons. The van der Waals surface area contributed by atoms with E-state index in [1.165, 1.54) is 0 Å². The first kappa shape index (κ1) is 18.4. The summed E-state index contributed by atoms with van der Waals surface area (Å²) >= 11 is 0. The molecule has 0 unspecified atom stereocenters. The Bertz CT molecular complexity index is 1200. The molecule has 0 spiro atoms. The van der Waals surface area contributed by atoms with Gasteiger partial charge in [-0.3, -0.25) is 10.1 Å². The van der Waals surface area contributed by atoms with E-state index in [1.54, 1.807) is 22.9 Å². The normalized spacial score (nSPS) is 10.8. The molecule has 0 fully saturated rings. The molecule has 4 aromatic rings. The smallest absolute Gasteiger partial charge is 0.226 e. The minimum Gasteiger partial charge on any atom is -0.441 e. The summed E-state index contributed by atoms with van der Waals surface area (Å²) in [5.74, 6) is 1.61. The fraction of sp³-hybridized carbons (Fsp3) is 0.182. The number of hydrogen-bond acceptors (Lipinski definition) is 5. The number of amides is 1. The van der Waals surface area contributed by atoms with E-state index < -0.39 is 0 Å². The molecule has 0 saturated heterocycles. The monoisotopic (exact) mass is 385 g/mol. The molecule has 7 heteroatoms. The number of anilines is 1. The van der Waals surface area contributed by atoms with Gasteiger partial charge < -0.3 is 8.98 Å². The van der Waals surface area contributed by atoms with Crippen molar-refractivity contribution < 1.29 is 9.21 Å². The molecule has 29 heavy (non-hydrogen) atoms. The maximum Gasteiger partial charge on any atom is 0.226 e. The fourth-order valence-electron chi connectivity index (χ4n) is 3.17. The highest BCUT2D eigenvalue weighted by Gasteiger charge is 2.14. The van der Waals surface area contributed by atoms with Crippen molar-refractivity contribution in [3.63, 3.8) is 0 Å². The number of carbonyl (C=O) groups is 1. The number of fused-ring (bicyclic) bond motifs is 1. The van der Waals surface area contributed by atoms with Crippen molar-refractivity contribution in [2.75, 3.05) is 5.32 Å². The van der Waals surface area contributed by atoms with Crippen molar-refractivity contribution in [3.05, 3.63) is 66.2 Å². The molecule has 0 aliphatic heterocycles. The molecule has 1 amide bonds. The molecule has 4 rings (SSSR count). The minimum atomic E-state index is -0.142. The second-order valence-electron chi connectivity index (χ2n) is 6.67. The molecule has 2 aromatic heterocycles. The number of aryl methyl sites for hydroxylation is 2. The van der Waals surface area contributed by atoms with Gasteiger partial charge in [0.15, 0.2) is 11.7 Å². The number of aromatic nitrogens is 3. The summed E-state index contributed by atoms with van der Waals surface area (Å²) in [6, 6.07) is 17.3. The fourth-order valence-corrected chi connectivity index (χ4v) is 3.17. The molecule has 0 radical (unpaired) electrons. The van der Waals surface area contributed by atoms with Gasteiger partial charge >= 0.3 is 0 Å². The number of nitrogens with one attached hydrogen (secondary N) is 1. The summed E-state index contributed by atoms with van der Waals surface area (Å²) in [4.78, 5) is 21.0. The van der Waals surface area contributed by atoms with Crippen LogP contribution < -0.4 is 5.32 Å². The van der Waals surface area contributed by atoms with Gasteiger partial charge in [-0.15, -0.1) is 0 Å². The highest BCUT2D eigenvalue weighted by Crippen LogP contribution is 2.22. The van der Waals surface area contributed by atoms with Crippen molar-refractivity contribution in [1.82, 2.24) is 14.5 Å². The number of oxazole rings is 1. The second kappa shape index (κ2) is 7.98. The summed E-state index contributed by atoms with van der Waals surface area (Å²) in [6.07, 6.45) is 3.20. The van der Waals surface area contributed by atoms with Crippen LogP contribution in [0.1, 0.15) is 24.3 Å². The molecule has 0 aliphatic rings. The number of rotatable bonds is 6. The molecule has 0 atom stereocenters. The molecular formula is C22H19N5O2. The zero-order valence-electron chi connectivity index (χ0n) is 15.9. The van der Waals surface area contributed by atoms with Crippen LogP contribution in [-0.2, 0) is 18.3 Å². The van der Waals surface area contributed by atoms with Crippen LogP contribution in [0.3, 0.4) is 0 Å². The van der Waals surface area contributed by atoms with E-state index in [0.29, 0.717) is 42.2 Å². The van der Waals surface area contributed by atoms with Gasteiger partial charge in [-0.2, -0.15) is 5.26 Å². The first-order valence-corrected chi connectivity index (χ1v) is 9.31. The molecule has 7 nitrogen and oxygen atoms in total. The van der Waals surface area contributed by atoms with E-state index in [0.717, 1.165) is 16.8 Å². The highest BCUT2D eigenvalue weighted by molar-refractivity contribution is 5.92. The Labute approximate surface area is 167 Å². The third-order valence-corrected chi connectivity index (χ3v) is 4.69. The van der Waals surface area contributed by atoms with Crippen LogP contribution in [0.15, 0.2) is 59.1 Å². The molecule has 0 aliphatic carbocycles. The lowest BCUT2D eigenvalue weighted by atomic mass is 10.2. The lowest BCUT2D eigenvalue weighted by Gasteiger charge is -2.04. The molecule has 0 saturated carbocycles. The SMILES string of the molecule is Cn1c(NC(=O)CCCc2ncc(-c3ccccc3)o2)nc2c(C#N)cccc21. The van der Waals surface area contributed by atoms with Crippen LogP contribution in [0.5, 0.6) is 0 Å². The van der Waals surface area contributed by atoms with Crippen LogP contribution in [0.4, 0.5) is 5.95 Å². The molecule has 2 heterocycles. The summed E-state index contributed by atoms with van der Waals surface area (Å²) in [6.45, 7) is 0. The van der Waals surface area contributed by atoms with Crippen molar-refractivity contribution in [3.8, 4) is 17.4 Å². The zero-order chi connectivity index (χ0) is 20.2. The van der Waals surface area contributed by atoms with Crippen LogP contribution in [0.25, 0.3) is 22.4 Å². The Kier molecular flexibility index (Phi) is 5.08. The van der Waals surface area contributed by atoms with E-state index in [1.807, 2.05) is 43.4 Å². The van der Waals surface area contributed by atoms with Crippen LogP contribution in [0, 0.1) is 11.3 Å². The average molecular weight is 385 g/mol. The largest absolute Gasteiger partial charge is 0.441 e. The number of nitriles is 1. The van der Waals surface area contributed by atoms with Crippen LogP contribution >= 0.6 is 0 Å². The van der Waals surface area contributed by atoms with Gasteiger partial charge in [0.2, 0.25) is 11.9 Å². The summed E-state index contributed by atoms with van der Waals surface area (Å²) in [5.41, 5.74) is 2.84. The molecule has 0 bridgehead atoms. The number of benzene rings is 2. The van der Waals surface area contributed by atoms with Crippen molar-refractivity contribution in [1.29, 1.82) is 5.26 Å². The summed E-state index contributed by atoms with van der Waals surface area (Å²) in [7, 11) is 1.81. The van der Waals surface area contributed by atoms with Gasteiger partial charge in [0.1, 0.15) is 11.6 Å². The van der Waals surface area contributed by atoms with Gasteiger partial charge in [0, 0.05) is 25.5 Å². The van der Waals surface area contributed by atoms with E-state index in [-0.39, 0.29) is 5.91 Å². The van der Waals surface area contributed by atoms with E-state index in [2.05, 4.69) is 21.4 Å². The maximum atomic E-state index is 12.3. The van der Waals surface area contributed by atoms with E-state index in [4.69, 9.17) is 4.42 Å². The maximum absolute atomic E-state index is 12.3. The first-order chi connectivity index (χ1) is 14.2. The summed E-state index contributed by atoms with van der Waals surface area (Å²) in [5, 5.41) is 12.0. The van der Waals surface area contributed by atoms with Gasteiger partial charge in [0.05, 0.1) is 17.3 Å². The predicted molar refractivity (Wildman–Crippen MR) is 109 cm³/mol. The van der Waals surface area contributed by atoms with Crippen LogP contribution in [-0.4, -0.2) is 20.4 Å². The highest BCUT2D eigenvalue weighted by atomic mass is 16.4. The standard InChI is InChI=1S/C22H19N5O2/c1-27-17-10-5-9-16(13-23)21(17)26-22(27)25-19(28)11-6-12-20-24-14-18(29-20)15-7-3-2-4-8-15/h2-5,7-10,14H,6,11-12H2,1H3,(H,25,26,28). The van der Waals surface area contributed by atoms with E-state index in [9.17, 15) is 10.1 Å². The molecule has 2 aromatic carbocycles. The number of hydrogen-bond donors (Lipinski definition) is 1. The Morgan fingerprint density at radius 2 is 2.03 bits per heavy atom. The molecular weight excluding hydrogens is 366 g/mol. The number of imidazole rings is 1. The number of carbonyl (C=O) groups excluding carboxylic acids is 1. The molecule has 1 N–H and O–H groups in total. The van der Waals surface area contributed by atoms with Gasteiger partial charge in [-0.05, 0) is 18.6 Å². The third kappa shape index (κ3) is 3.87. The average Bonchev–Trinajstić information content (AvgIpc) is 3.34. The lowest BCUT2D eigenvalue weighted by Crippen LogP contribution is -2.14. The number of nitrogens with zero attached hydrogens (tertiary/aromatic N) is 4. The van der Waals surface area contributed by atoms with Crippen molar-refractivity contribution in [2.45, 2.75) is 19.3 Å². The Hall–Kier alpha value is -3.92. The first-order valence-electron chi connectivity index (χ1n) is 9.31. The predicted octanol–water partition coefficient (Wildman–Crippen LogP) is 4.06. The second-order valence-corrected chi connectivity index (χ2v) is 6.67. The Morgan fingerprint density at radius 3 is 2.83 bits per heavy atom. The Balaban J connectivity index is 1.35. The van der Waals surface area contributed by atoms with Crippen LogP contribution in [0.2, 0.25) is 0 Å². The lowest BCUT2D eigenvalue weighted by molar-refractivity contribution is -0.116. The van der Waals surface area contributed by atoms with E-state index >= 15 is 0 Å². The topological polar surface area (TPSA) is 96.7 Å².